The molecule has 2 atom stereocenters. The Morgan fingerprint density at radius 2 is 1.95 bits per heavy atom. The Morgan fingerprint density at radius 1 is 1.35 bits per heavy atom. The van der Waals surface area contributed by atoms with Crippen LogP contribution in [0.3, 0.4) is 0 Å². The number of halogens is 1. The number of benzene rings is 1. The lowest BCUT2D eigenvalue weighted by molar-refractivity contribution is 0.0218. The molecule has 1 heterocycles. The molecule has 0 unspecified atom stereocenters. The molecule has 110 valence electrons. The summed E-state index contributed by atoms with van der Waals surface area (Å²) in [5.74, 6) is 0. The van der Waals surface area contributed by atoms with Crippen molar-refractivity contribution in [2.75, 3.05) is 6.54 Å². The molecule has 0 aliphatic carbocycles. The molecule has 1 aliphatic heterocycles. The fourth-order valence-electron chi connectivity index (χ4n) is 2.43. The maximum atomic E-state index is 12.3. The molecule has 4 nitrogen and oxygen atoms in total. The van der Waals surface area contributed by atoms with E-state index in [0.717, 1.165) is 16.5 Å². The predicted octanol–water partition coefficient (Wildman–Crippen LogP) is 3.46. The van der Waals surface area contributed by atoms with Crippen LogP contribution in [-0.4, -0.2) is 29.2 Å². The highest BCUT2D eigenvalue weighted by Gasteiger charge is 2.38. The van der Waals surface area contributed by atoms with Crippen molar-refractivity contribution >= 4 is 22.0 Å². The van der Waals surface area contributed by atoms with E-state index in [9.17, 15) is 4.79 Å². The third kappa shape index (κ3) is 3.52. The molecule has 1 saturated heterocycles. The van der Waals surface area contributed by atoms with Crippen LogP contribution in [0.4, 0.5) is 4.79 Å². The van der Waals surface area contributed by atoms with E-state index < -0.39 is 5.60 Å². The van der Waals surface area contributed by atoms with Crippen molar-refractivity contribution in [1.29, 1.82) is 0 Å². The molecule has 0 radical (unpaired) electrons. The van der Waals surface area contributed by atoms with Gasteiger partial charge in [-0.25, -0.2) is 4.79 Å². The fourth-order valence-corrected chi connectivity index (χ4v) is 2.69. The highest BCUT2D eigenvalue weighted by atomic mass is 79.9. The number of nitrogens with zero attached hydrogens (tertiary/aromatic N) is 1. The Kier molecular flexibility index (Phi) is 4.39. The molecule has 2 rings (SSSR count). The van der Waals surface area contributed by atoms with Gasteiger partial charge in [-0.3, -0.25) is 4.90 Å². The summed E-state index contributed by atoms with van der Waals surface area (Å²) < 4.78 is 6.48. The Labute approximate surface area is 128 Å². The number of likely N-dealkylation sites (tertiary alicyclic amines) is 1. The van der Waals surface area contributed by atoms with Crippen LogP contribution in [0.15, 0.2) is 28.7 Å². The van der Waals surface area contributed by atoms with Gasteiger partial charge in [0.1, 0.15) is 5.60 Å². The first-order chi connectivity index (χ1) is 9.28. The van der Waals surface area contributed by atoms with Crippen LogP contribution in [-0.2, 0) is 4.74 Å². The van der Waals surface area contributed by atoms with Gasteiger partial charge in [-0.1, -0.05) is 28.1 Å². The van der Waals surface area contributed by atoms with Crippen molar-refractivity contribution in [1.82, 2.24) is 4.90 Å². The summed E-state index contributed by atoms with van der Waals surface area (Å²) in [6.07, 6.45) is 0.498. The molecule has 1 aliphatic rings. The Bertz CT molecular complexity index is 482. The molecule has 1 aromatic rings. The Hall–Kier alpha value is -1.07. The standard InChI is InChI=1S/C15H21BrN2O2/c1-15(2,3)20-14(19)18-9-8-12(17)13(18)10-4-6-11(16)7-5-10/h4-7,12-13H,8-9,17H2,1-3H3/t12-,13+/m0/s1. The summed E-state index contributed by atoms with van der Waals surface area (Å²) in [4.78, 5) is 14.0. The van der Waals surface area contributed by atoms with Crippen LogP contribution in [0.5, 0.6) is 0 Å². The van der Waals surface area contributed by atoms with Crippen LogP contribution < -0.4 is 5.73 Å². The minimum absolute atomic E-state index is 0.0521. The maximum Gasteiger partial charge on any atom is 0.410 e. The monoisotopic (exact) mass is 340 g/mol. The number of amides is 1. The molecular weight excluding hydrogens is 320 g/mol. The van der Waals surface area contributed by atoms with Crippen molar-refractivity contribution in [3.05, 3.63) is 34.3 Å². The second-order valence-corrected chi connectivity index (χ2v) is 7.04. The molecule has 0 saturated carbocycles. The number of ether oxygens (including phenoxy) is 1. The number of carbonyl (C=O) groups is 1. The van der Waals surface area contributed by atoms with Crippen molar-refractivity contribution < 1.29 is 9.53 Å². The van der Waals surface area contributed by atoms with Gasteiger partial charge < -0.3 is 10.5 Å². The maximum absolute atomic E-state index is 12.3. The predicted molar refractivity (Wildman–Crippen MR) is 82.4 cm³/mol. The molecule has 5 heteroatoms. The fraction of sp³-hybridized carbons (Fsp3) is 0.533. The lowest BCUT2D eigenvalue weighted by Crippen LogP contribution is -2.39. The quantitative estimate of drug-likeness (QED) is 0.851. The van der Waals surface area contributed by atoms with Crippen LogP contribution in [0.1, 0.15) is 38.8 Å². The number of hydrogen-bond donors (Lipinski definition) is 1. The van der Waals surface area contributed by atoms with Crippen molar-refractivity contribution in [3.63, 3.8) is 0 Å². The second kappa shape index (κ2) is 5.74. The summed E-state index contributed by atoms with van der Waals surface area (Å²) >= 11 is 3.42. The van der Waals surface area contributed by atoms with Gasteiger partial charge in [-0.2, -0.15) is 0 Å². The van der Waals surface area contributed by atoms with Crippen molar-refractivity contribution in [2.24, 2.45) is 5.73 Å². The van der Waals surface area contributed by atoms with Gasteiger partial charge in [0.2, 0.25) is 0 Å². The van der Waals surface area contributed by atoms with E-state index in [1.807, 2.05) is 45.0 Å². The van der Waals surface area contributed by atoms with E-state index in [-0.39, 0.29) is 18.2 Å². The zero-order chi connectivity index (χ0) is 14.9. The minimum Gasteiger partial charge on any atom is -0.444 e. The van der Waals surface area contributed by atoms with E-state index in [0.29, 0.717) is 6.54 Å². The van der Waals surface area contributed by atoms with E-state index in [4.69, 9.17) is 10.5 Å². The summed E-state index contributed by atoms with van der Waals surface area (Å²) in [5, 5.41) is 0. The average Bonchev–Trinajstić information content (AvgIpc) is 2.70. The van der Waals surface area contributed by atoms with Gasteiger partial charge in [0, 0.05) is 17.1 Å². The topological polar surface area (TPSA) is 55.6 Å². The first kappa shape index (κ1) is 15.3. The van der Waals surface area contributed by atoms with E-state index >= 15 is 0 Å². The van der Waals surface area contributed by atoms with Gasteiger partial charge in [-0.15, -0.1) is 0 Å². The molecular formula is C15H21BrN2O2. The molecule has 1 aromatic carbocycles. The highest BCUT2D eigenvalue weighted by molar-refractivity contribution is 9.10. The van der Waals surface area contributed by atoms with Gasteiger partial charge >= 0.3 is 6.09 Å². The van der Waals surface area contributed by atoms with E-state index in [2.05, 4.69) is 15.9 Å². The summed E-state index contributed by atoms with van der Waals surface area (Å²) in [5.41, 5.74) is 6.73. The number of nitrogens with two attached hydrogens (primary N) is 1. The molecule has 0 spiro atoms. The zero-order valence-corrected chi connectivity index (χ0v) is 13.7. The largest absolute Gasteiger partial charge is 0.444 e. The summed E-state index contributed by atoms with van der Waals surface area (Å²) in [6.45, 7) is 6.25. The van der Waals surface area contributed by atoms with Gasteiger partial charge in [0.15, 0.2) is 0 Å². The van der Waals surface area contributed by atoms with Crippen LogP contribution in [0, 0.1) is 0 Å². The third-order valence-electron chi connectivity index (χ3n) is 3.28. The lowest BCUT2D eigenvalue weighted by Gasteiger charge is -2.30. The van der Waals surface area contributed by atoms with Crippen molar-refractivity contribution in [3.8, 4) is 0 Å². The van der Waals surface area contributed by atoms with Crippen LogP contribution in [0.25, 0.3) is 0 Å². The van der Waals surface area contributed by atoms with E-state index in [1.165, 1.54) is 0 Å². The SMILES string of the molecule is CC(C)(C)OC(=O)N1CC[C@H](N)[C@H]1c1ccc(Br)cc1. The van der Waals surface area contributed by atoms with Gasteiger partial charge in [-0.05, 0) is 44.9 Å². The molecule has 1 fully saturated rings. The Balaban J connectivity index is 2.20. The second-order valence-electron chi connectivity index (χ2n) is 6.12. The smallest absolute Gasteiger partial charge is 0.410 e. The van der Waals surface area contributed by atoms with Crippen LogP contribution >= 0.6 is 15.9 Å². The molecule has 0 aromatic heterocycles. The summed E-state index contributed by atoms with van der Waals surface area (Å²) in [7, 11) is 0. The average molecular weight is 341 g/mol. The summed E-state index contributed by atoms with van der Waals surface area (Å²) in [6, 6.07) is 7.76. The van der Waals surface area contributed by atoms with Crippen LogP contribution in [0.2, 0.25) is 0 Å². The first-order valence-electron chi connectivity index (χ1n) is 6.78. The third-order valence-corrected chi connectivity index (χ3v) is 3.81. The van der Waals surface area contributed by atoms with Gasteiger partial charge in [0.05, 0.1) is 6.04 Å². The normalized spacial score (nSPS) is 22.9. The minimum atomic E-state index is -0.492. The number of hydrogen-bond acceptors (Lipinski definition) is 3. The van der Waals surface area contributed by atoms with Gasteiger partial charge in [0.25, 0.3) is 0 Å². The number of carbonyl (C=O) groups excluding carboxylic acids is 1. The molecule has 1 amide bonds. The first-order valence-corrected chi connectivity index (χ1v) is 7.58. The highest BCUT2D eigenvalue weighted by Crippen LogP contribution is 2.33. The zero-order valence-electron chi connectivity index (χ0n) is 12.1. The van der Waals surface area contributed by atoms with Crippen molar-refractivity contribution in [2.45, 2.75) is 44.9 Å². The Morgan fingerprint density at radius 3 is 2.50 bits per heavy atom. The molecule has 0 bridgehead atoms. The number of rotatable bonds is 1. The molecule has 20 heavy (non-hydrogen) atoms. The van der Waals surface area contributed by atoms with E-state index in [1.54, 1.807) is 4.90 Å². The molecule has 2 N–H and O–H groups in total. The lowest BCUT2D eigenvalue weighted by atomic mass is 10.0.